The standard InChI is InChI=1S/C22H16N6O4S2/c29-17-11-15(33-21-23-7-1-8-24-21)19(31)27(17)13-3-5-14(6-4-13)28-18(30)12-16(20(28)32)34-22-25-9-2-10-26-22/h1-10,15-16H,11-12H2/t15-,16+. The lowest BCUT2D eigenvalue weighted by Gasteiger charge is -2.18. The molecule has 2 atom stereocenters. The van der Waals surface area contributed by atoms with E-state index in [0.717, 1.165) is 33.3 Å². The average Bonchev–Trinajstić information content (AvgIpc) is 3.28. The van der Waals surface area contributed by atoms with Gasteiger partial charge in [0.25, 0.3) is 0 Å². The first-order valence-corrected chi connectivity index (χ1v) is 12.0. The predicted molar refractivity (Wildman–Crippen MR) is 124 cm³/mol. The number of hydrogen-bond acceptors (Lipinski definition) is 10. The Kier molecular flexibility index (Phi) is 6.07. The summed E-state index contributed by atoms with van der Waals surface area (Å²) in [4.78, 5) is 69.5. The van der Waals surface area contributed by atoms with Gasteiger partial charge >= 0.3 is 0 Å². The zero-order valence-electron chi connectivity index (χ0n) is 17.5. The van der Waals surface area contributed by atoms with Gasteiger partial charge in [-0.2, -0.15) is 0 Å². The van der Waals surface area contributed by atoms with Crippen LogP contribution in [0.2, 0.25) is 0 Å². The maximum Gasteiger partial charge on any atom is 0.247 e. The van der Waals surface area contributed by atoms with Gasteiger partial charge < -0.3 is 0 Å². The lowest BCUT2D eigenvalue weighted by atomic mass is 10.2. The van der Waals surface area contributed by atoms with Crippen LogP contribution in [0.25, 0.3) is 0 Å². The van der Waals surface area contributed by atoms with Gasteiger partial charge in [-0.1, -0.05) is 23.5 Å². The molecular formula is C22H16N6O4S2. The predicted octanol–water partition coefficient (Wildman–Crippen LogP) is 2.11. The molecule has 4 amide bonds. The Balaban J connectivity index is 1.30. The molecule has 34 heavy (non-hydrogen) atoms. The molecule has 12 heteroatoms. The molecule has 0 N–H and O–H groups in total. The Hall–Kier alpha value is -3.64. The first-order valence-electron chi connectivity index (χ1n) is 10.2. The maximum absolute atomic E-state index is 12.9. The second-order valence-corrected chi connectivity index (χ2v) is 9.67. The zero-order valence-corrected chi connectivity index (χ0v) is 19.1. The van der Waals surface area contributed by atoms with Crippen LogP contribution in [0.4, 0.5) is 11.4 Å². The lowest BCUT2D eigenvalue weighted by molar-refractivity contribution is -0.122. The summed E-state index contributed by atoms with van der Waals surface area (Å²) in [6.07, 6.45) is 6.36. The van der Waals surface area contributed by atoms with Gasteiger partial charge in [0.15, 0.2) is 10.3 Å². The fourth-order valence-electron chi connectivity index (χ4n) is 3.63. The number of carbonyl (C=O) groups excluding carboxylic acids is 4. The van der Waals surface area contributed by atoms with Crippen molar-refractivity contribution in [3.63, 3.8) is 0 Å². The number of thioether (sulfide) groups is 2. The van der Waals surface area contributed by atoms with Crippen molar-refractivity contribution in [2.45, 2.75) is 33.7 Å². The van der Waals surface area contributed by atoms with Gasteiger partial charge in [-0.25, -0.2) is 29.7 Å². The molecule has 170 valence electrons. The first-order chi connectivity index (χ1) is 16.5. The monoisotopic (exact) mass is 492 g/mol. The second kappa shape index (κ2) is 9.31. The number of hydrogen-bond donors (Lipinski definition) is 0. The van der Waals surface area contributed by atoms with E-state index in [2.05, 4.69) is 19.9 Å². The van der Waals surface area contributed by atoms with Crippen LogP contribution in [0.5, 0.6) is 0 Å². The molecule has 10 nitrogen and oxygen atoms in total. The third-order valence-corrected chi connectivity index (χ3v) is 7.31. The van der Waals surface area contributed by atoms with E-state index in [-0.39, 0.29) is 36.5 Å². The van der Waals surface area contributed by atoms with Gasteiger partial charge in [-0.05, 0) is 36.4 Å². The SMILES string of the molecule is O=C1C[C@H](Sc2ncccn2)C(=O)N1c1ccc(N2C(=O)C[C@@H](Sc3ncccn3)C2=O)cc1. The Morgan fingerprint density at radius 2 is 0.971 bits per heavy atom. The number of nitrogens with zero attached hydrogens (tertiary/aromatic N) is 6. The van der Waals surface area contributed by atoms with Crippen LogP contribution in [0.1, 0.15) is 12.8 Å². The molecule has 5 rings (SSSR count). The number of imide groups is 2. The largest absolute Gasteiger partial charge is 0.274 e. The van der Waals surface area contributed by atoms with Gasteiger partial charge in [-0.3, -0.25) is 19.2 Å². The van der Waals surface area contributed by atoms with Crippen molar-refractivity contribution in [1.82, 2.24) is 19.9 Å². The summed E-state index contributed by atoms with van der Waals surface area (Å²) in [6, 6.07) is 9.56. The number of anilines is 2. The molecule has 2 fully saturated rings. The highest BCUT2D eigenvalue weighted by atomic mass is 32.2. The minimum absolute atomic E-state index is 0.0348. The van der Waals surface area contributed by atoms with E-state index in [9.17, 15) is 19.2 Å². The molecule has 2 saturated heterocycles. The fraction of sp³-hybridized carbons (Fsp3) is 0.182. The van der Waals surface area contributed by atoms with Crippen molar-refractivity contribution in [3.8, 4) is 0 Å². The van der Waals surface area contributed by atoms with Crippen molar-refractivity contribution in [2.24, 2.45) is 0 Å². The highest BCUT2D eigenvalue weighted by Crippen LogP contribution is 2.35. The molecule has 2 aliphatic heterocycles. The summed E-state index contributed by atoms with van der Waals surface area (Å²) in [7, 11) is 0. The molecule has 2 aromatic heterocycles. The van der Waals surface area contributed by atoms with Gasteiger partial charge in [-0.15, -0.1) is 0 Å². The summed E-state index contributed by atoms with van der Waals surface area (Å²) in [6.45, 7) is 0. The van der Waals surface area contributed by atoms with E-state index in [1.807, 2.05) is 0 Å². The van der Waals surface area contributed by atoms with Crippen LogP contribution in [0.15, 0.2) is 71.5 Å². The Labute approximate surface area is 202 Å². The molecular weight excluding hydrogens is 476 g/mol. The van der Waals surface area contributed by atoms with E-state index >= 15 is 0 Å². The molecule has 0 unspecified atom stereocenters. The van der Waals surface area contributed by atoms with Crippen LogP contribution >= 0.6 is 23.5 Å². The minimum Gasteiger partial charge on any atom is -0.274 e. The summed E-state index contributed by atoms with van der Waals surface area (Å²) >= 11 is 2.28. The van der Waals surface area contributed by atoms with Gasteiger partial charge in [0, 0.05) is 37.6 Å². The van der Waals surface area contributed by atoms with Crippen LogP contribution in [-0.4, -0.2) is 54.1 Å². The second-order valence-electron chi connectivity index (χ2n) is 7.34. The third-order valence-electron chi connectivity index (χ3n) is 5.16. The van der Waals surface area contributed by atoms with E-state index in [1.165, 1.54) is 0 Å². The molecule has 0 bridgehead atoms. The lowest BCUT2D eigenvalue weighted by Crippen LogP contribution is -2.32. The maximum atomic E-state index is 12.9. The van der Waals surface area contributed by atoms with Crippen molar-refractivity contribution >= 4 is 58.5 Å². The van der Waals surface area contributed by atoms with Crippen LogP contribution < -0.4 is 9.80 Å². The normalized spacial score (nSPS) is 20.5. The zero-order chi connectivity index (χ0) is 23.7. The molecule has 0 saturated carbocycles. The van der Waals surface area contributed by atoms with Crippen LogP contribution in [0, 0.1) is 0 Å². The van der Waals surface area contributed by atoms with E-state index in [1.54, 1.807) is 61.2 Å². The molecule has 0 spiro atoms. The van der Waals surface area contributed by atoms with Crippen molar-refractivity contribution in [1.29, 1.82) is 0 Å². The first kappa shape index (κ1) is 22.2. The Morgan fingerprint density at radius 3 is 1.32 bits per heavy atom. The van der Waals surface area contributed by atoms with Crippen molar-refractivity contribution in [2.75, 3.05) is 9.80 Å². The smallest absolute Gasteiger partial charge is 0.247 e. The van der Waals surface area contributed by atoms with Gasteiger partial charge in [0.2, 0.25) is 23.6 Å². The van der Waals surface area contributed by atoms with E-state index in [4.69, 9.17) is 0 Å². The highest BCUT2D eigenvalue weighted by Gasteiger charge is 2.42. The number of aromatic nitrogens is 4. The number of carbonyl (C=O) groups is 4. The topological polar surface area (TPSA) is 126 Å². The molecule has 2 aliphatic rings. The van der Waals surface area contributed by atoms with Crippen molar-refractivity contribution < 1.29 is 19.2 Å². The molecule has 1 aromatic carbocycles. The highest BCUT2D eigenvalue weighted by molar-refractivity contribution is 8.00. The quantitative estimate of drug-likeness (QED) is 0.373. The summed E-state index contributed by atoms with van der Waals surface area (Å²) < 4.78 is 0. The van der Waals surface area contributed by atoms with Crippen LogP contribution in [0.3, 0.4) is 0 Å². The fourth-order valence-corrected chi connectivity index (χ4v) is 5.49. The molecule has 0 aliphatic carbocycles. The molecule has 0 radical (unpaired) electrons. The van der Waals surface area contributed by atoms with Crippen molar-refractivity contribution in [3.05, 3.63) is 61.2 Å². The third kappa shape index (κ3) is 4.29. The summed E-state index contributed by atoms with van der Waals surface area (Å²) in [5.41, 5.74) is 0.747. The van der Waals surface area contributed by atoms with Gasteiger partial charge in [0.1, 0.15) is 10.5 Å². The molecule has 4 heterocycles. The van der Waals surface area contributed by atoms with E-state index < -0.39 is 10.5 Å². The number of amides is 4. The minimum atomic E-state index is -0.616. The summed E-state index contributed by atoms with van der Waals surface area (Å²) in [5, 5.41) is -0.390. The number of rotatable bonds is 6. The van der Waals surface area contributed by atoms with Gasteiger partial charge in [0.05, 0.1) is 11.4 Å². The summed E-state index contributed by atoms with van der Waals surface area (Å²) in [5.74, 6) is -1.39. The number of benzene rings is 1. The molecule has 3 aromatic rings. The van der Waals surface area contributed by atoms with E-state index in [0.29, 0.717) is 21.7 Å². The van der Waals surface area contributed by atoms with Crippen LogP contribution in [-0.2, 0) is 19.2 Å². The Morgan fingerprint density at radius 1 is 0.618 bits per heavy atom. The average molecular weight is 493 g/mol. The Bertz CT molecular complexity index is 1160.